The predicted octanol–water partition coefficient (Wildman–Crippen LogP) is 2.51. The molecule has 9 nitrogen and oxygen atoms in total. The Bertz CT molecular complexity index is 1400. The number of hydrogen-bond donors (Lipinski definition) is 0. The summed E-state index contributed by atoms with van der Waals surface area (Å²) in [5.41, 5.74) is -3.24. The highest BCUT2D eigenvalue weighted by atomic mass is 32.1. The van der Waals surface area contributed by atoms with E-state index in [0.29, 0.717) is 31.0 Å². The lowest BCUT2D eigenvalue weighted by atomic mass is 10.2. The monoisotopic (exact) mass is 452 g/mol. The Morgan fingerprint density at radius 2 is 2.00 bits per heavy atom. The summed E-state index contributed by atoms with van der Waals surface area (Å²) in [6.45, 7) is -0.233. The minimum absolute atomic E-state index is 0.0508. The van der Waals surface area contributed by atoms with Crippen molar-refractivity contribution >= 4 is 27.6 Å². The number of rotatable bonds is 4. The second-order valence-electron chi connectivity index (χ2n) is 6.31. The predicted molar refractivity (Wildman–Crippen MR) is 101 cm³/mol. The highest BCUT2D eigenvalue weighted by Crippen LogP contribution is 2.28. The quantitative estimate of drug-likeness (QED) is 0.438. The molecule has 0 fully saturated rings. The molecule has 4 aromatic rings. The van der Waals surface area contributed by atoms with Crippen LogP contribution in [0.1, 0.15) is 21.9 Å². The largest absolute Gasteiger partial charge is 0.453 e. The van der Waals surface area contributed by atoms with E-state index in [2.05, 4.69) is 9.53 Å². The van der Waals surface area contributed by atoms with Crippen LogP contribution in [0.2, 0.25) is 0 Å². The summed E-state index contributed by atoms with van der Waals surface area (Å²) in [6, 6.07) is 6.09. The molecule has 0 atom stereocenters. The summed E-state index contributed by atoms with van der Waals surface area (Å²) in [5, 5.41) is 3.88. The summed E-state index contributed by atoms with van der Waals surface area (Å²) >= 11 is 1.09. The Morgan fingerprint density at radius 3 is 2.68 bits per heavy atom. The van der Waals surface area contributed by atoms with Gasteiger partial charge in [0.05, 0.1) is 22.3 Å². The van der Waals surface area contributed by atoms with Gasteiger partial charge >= 0.3 is 17.8 Å². The van der Waals surface area contributed by atoms with Gasteiger partial charge < -0.3 is 9.26 Å². The van der Waals surface area contributed by atoms with E-state index in [0.717, 1.165) is 18.6 Å². The van der Waals surface area contributed by atoms with Crippen LogP contribution in [0.3, 0.4) is 0 Å². The van der Waals surface area contributed by atoms with Gasteiger partial charge in [-0.05, 0) is 29.7 Å². The topological polar surface area (TPSA) is 109 Å². The molecule has 4 rings (SSSR count). The maximum atomic E-state index is 13.0. The Hall–Kier alpha value is -3.74. The maximum Gasteiger partial charge on any atom is 0.431 e. The minimum atomic E-state index is -4.85. The average molecular weight is 452 g/mol. The number of hydrogen-bond acceptors (Lipinski definition) is 8. The van der Waals surface area contributed by atoms with Gasteiger partial charge in [-0.1, -0.05) is 5.16 Å². The molecule has 0 radical (unpaired) electrons. The Morgan fingerprint density at radius 1 is 1.23 bits per heavy atom. The Kier molecular flexibility index (Phi) is 4.97. The van der Waals surface area contributed by atoms with Crippen LogP contribution < -0.4 is 11.2 Å². The molecule has 0 aliphatic carbocycles. The summed E-state index contributed by atoms with van der Waals surface area (Å²) in [5.74, 6) is -0.859. The zero-order chi connectivity index (χ0) is 22.3. The summed E-state index contributed by atoms with van der Waals surface area (Å²) in [7, 11) is 0.931. The standard InChI is InChI=1S/C18H11F3N4O5S/c1-24-14(18(19,20)21)7-15(26)25(17(24)28)9-2-3-13-10(6-9)11(23-31-13)8-29-16(27)12-4-5-22-30-12/h2-7H,8H2,1H3. The molecule has 160 valence electrons. The van der Waals surface area contributed by atoms with Crippen molar-refractivity contribution in [3.8, 4) is 5.69 Å². The first-order valence-corrected chi connectivity index (χ1v) is 9.31. The number of alkyl halides is 3. The van der Waals surface area contributed by atoms with Gasteiger partial charge in [-0.15, -0.1) is 0 Å². The Labute approximate surface area is 174 Å². The van der Waals surface area contributed by atoms with Gasteiger partial charge in [0.15, 0.2) is 0 Å². The molecule has 31 heavy (non-hydrogen) atoms. The van der Waals surface area contributed by atoms with E-state index in [-0.39, 0.29) is 18.1 Å². The number of benzene rings is 1. The van der Waals surface area contributed by atoms with Crippen molar-refractivity contribution in [2.45, 2.75) is 12.8 Å². The van der Waals surface area contributed by atoms with Gasteiger partial charge in [-0.25, -0.2) is 14.2 Å². The lowest BCUT2D eigenvalue weighted by Gasteiger charge is -2.14. The van der Waals surface area contributed by atoms with Gasteiger partial charge in [0.2, 0.25) is 5.76 Å². The average Bonchev–Trinajstić information content (AvgIpc) is 3.38. The number of carbonyl (C=O) groups is 1. The molecule has 0 N–H and O–H groups in total. The number of aromatic nitrogens is 4. The molecule has 3 aromatic heterocycles. The van der Waals surface area contributed by atoms with Crippen molar-refractivity contribution in [3.05, 3.63) is 74.5 Å². The molecule has 1 aromatic carbocycles. The fourth-order valence-corrected chi connectivity index (χ4v) is 3.64. The molecule has 0 aliphatic heterocycles. The van der Waals surface area contributed by atoms with E-state index in [1.165, 1.54) is 24.4 Å². The molecule has 0 amide bonds. The summed E-state index contributed by atoms with van der Waals surface area (Å²) < 4.78 is 54.8. The normalized spacial score (nSPS) is 11.7. The SMILES string of the molecule is Cn1c(C(F)(F)F)cc(=O)n(-c2ccc3snc(COC(=O)c4ccno4)c3c2)c1=O. The molecule has 3 heterocycles. The van der Waals surface area contributed by atoms with E-state index >= 15 is 0 Å². The van der Waals surface area contributed by atoms with E-state index in [1.54, 1.807) is 6.07 Å². The molecular formula is C18H11F3N4O5S. The van der Waals surface area contributed by atoms with Gasteiger partial charge in [0, 0.05) is 24.6 Å². The van der Waals surface area contributed by atoms with Crippen molar-refractivity contribution in [1.29, 1.82) is 0 Å². The number of fused-ring (bicyclic) bond motifs is 1. The van der Waals surface area contributed by atoms with Gasteiger partial charge in [-0.2, -0.15) is 17.5 Å². The van der Waals surface area contributed by atoms with Crippen LogP contribution in [0.4, 0.5) is 13.2 Å². The van der Waals surface area contributed by atoms with E-state index in [4.69, 9.17) is 9.26 Å². The zero-order valence-electron chi connectivity index (χ0n) is 15.5. The first kappa shape index (κ1) is 20.5. The number of esters is 1. The molecule has 0 aliphatic rings. The summed E-state index contributed by atoms with van der Waals surface area (Å²) in [6.07, 6.45) is -3.57. The highest BCUT2D eigenvalue weighted by Gasteiger charge is 2.35. The number of halogens is 3. The minimum Gasteiger partial charge on any atom is -0.453 e. The molecule has 0 unspecified atom stereocenters. The number of nitrogens with zero attached hydrogens (tertiary/aromatic N) is 4. The number of carbonyl (C=O) groups excluding carboxylic acids is 1. The Balaban J connectivity index is 1.73. The van der Waals surface area contributed by atoms with Gasteiger partial charge in [0.25, 0.3) is 5.56 Å². The van der Waals surface area contributed by atoms with Crippen LogP contribution in [0.5, 0.6) is 0 Å². The molecule has 13 heteroatoms. The molecule has 0 spiro atoms. The van der Waals surface area contributed by atoms with Crippen LogP contribution >= 0.6 is 11.5 Å². The molecule has 0 saturated heterocycles. The molecule has 0 saturated carbocycles. The van der Waals surface area contributed by atoms with Crippen LogP contribution in [0.25, 0.3) is 15.8 Å². The lowest BCUT2D eigenvalue weighted by Crippen LogP contribution is -2.40. The van der Waals surface area contributed by atoms with Crippen LogP contribution in [0, 0.1) is 0 Å². The van der Waals surface area contributed by atoms with E-state index in [1.807, 2.05) is 0 Å². The van der Waals surface area contributed by atoms with Crippen molar-refractivity contribution < 1.29 is 27.2 Å². The van der Waals surface area contributed by atoms with Crippen molar-refractivity contribution in [2.75, 3.05) is 0 Å². The second-order valence-corrected chi connectivity index (χ2v) is 7.11. The van der Waals surface area contributed by atoms with E-state index in [9.17, 15) is 27.6 Å². The van der Waals surface area contributed by atoms with Crippen LogP contribution in [0.15, 0.2) is 50.6 Å². The van der Waals surface area contributed by atoms with Crippen molar-refractivity contribution in [3.63, 3.8) is 0 Å². The molecule has 0 bridgehead atoms. The molecular weight excluding hydrogens is 441 g/mol. The van der Waals surface area contributed by atoms with Crippen molar-refractivity contribution in [2.24, 2.45) is 7.05 Å². The van der Waals surface area contributed by atoms with Crippen LogP contribution in [-0.2, 0) is 24.6 Å². The van der Waals surface area contributed by atoms with E-state index < -0.39 is 29.1 Å². The first-order valence-electron chi connectivity index (χ1n) is 8.53. The first-order chi connectivity index (χ1) is 14.7. The second kappa shape index (κ2) is 7.50. The third kappa shape index (κ3) is 3.74. The fourth-order valence-electron chi connectivity index (χ4n) is 2.88. The maximum absolute atomic E-state index is 13.0. The fraction of sp³-hybridized carbons (Fsp3) is 0.167. The third-order valence-corrected chi connectivity index (χ3v) is 5.24. The number of ether oxygens (including phenoxy) is 1. The van der Waals surface area contributed by atoms with Crippen LogP contribution in [-0.4, -0.2) is 24.6 Å². The van der Waals surface area contributed by atoms with Gasteiger partial charge in [0.1, 0.15) is 12.3 Å². The lowest BCUT2D eigenvalue weighted by molar-refractivity contribution is -0.144. The van der Waals surface area contributed by atoms with Crippen molar-refractivity contribution in [1.82, 2.24) is 18.7 Å². The highest BCUT2D eigenvalue weighted by molar-refractivity contribution is 7.13. The third-order valence-electron chi connectivity index (χ3n) is 4.38. The van der Waals surface area contributed by atoms with Gasteiger partial charge in [-0.3, -0.25) is 9.36 Å². The smallest absolute Gasteiger partial charge is 0.431 e. The summed E-state index contributed by atoms with van der Waals surface area (Å²) in [4.78, 5) is 36.7. The zero-order valence-corrected chi connectivity index (χ0v) is 16.4.